The predicted octanol–water partition coefficient (Wildman–Crippen LogP) is -0.549. The van der Waals surface area contributed by atoms with E-state index in [2.05, 4.69) is 20.6 Å². The lowest BCUT2D eigenvalue weighted by atomic mass is 10.3. The number of amides is 1. The highest BCUT2D eigenvalue weighted by atomic mass is 16.5. The van der Waals surface area contributed by atoms with E-state index in [0.29, 0.717) is 19.7 Å². The van der Waals surface area contributed by atoms with Crippen molar-refractivity contribution in [3.05, 3.63) is 5.82 Å². The maximum Gasteiger partial charge on any atom is 0.295 e. The lowest BCUT2D eigenvalue weighted by Gasteiger charge is -2.20. The second-order valence-corrected chi connectivity index (χ2v) is 3.52. The summed E-state index contributed by atoms with van der Waals surface area (Å²) in [6.07, 6.45) is 0.900. The summed E-state index contributed by atoms with van der Waals surface area (Å²) in [4.78, 5) is 13.5. The summed E-state index contributed by atoms with van der Waals surface area (Å²) in [6, 6.07) is 0. The predicted molar refractivity (Wildman–Crippen MR) is 50.1 cm³/mol. The van der Waals surface area contributed by atoms with Crippen molar-refractivity contribution in [2.24, 2.45) is 0 Å². The fraction of sp³-hybridized carbons (Fsp3) is 0.750. The van der Waals surface area contributed by atoms with Crippen LogP contribution in [0.25, 0.3) is 0 Å². The minimum atomic E-state index is -0.193. The highest BCUT2D eigenvalue weighted by Crippen LogP contribution is 2.07. The quantitative estimate of drug-likeness (QED) is 0.673. The van der Waals surface area contributed by atoms with Crippen molar-refractivity contribution in [1.82, 2.24) is 25.5 Å². The number of nitrogens with zero attached hydrogens (tertiary/aromatic N) is 4. The molecule has 82 valence electrons. The van der Waals surface area contributed by atoms with E-state index in [-0.39, 0.29) is 17.8 Å². The van der Waals surface area contributed by atoms with E-state index in [0.717, 1.165) is 6.42 Å². The Morgan fingerprint density at radius 2 is 2.53 bits per heavy atom. The Morgan fingerprint density at radius 3 is 3.27 bits per heavy atom. The first-order valence-corrected chi connectivity index (χ1v) is 4.91. The van der Waals surface area contributed by atoms with Crippen LogP contribution in [0.15, 0.2) is 0 Å². The maximum absolute atomic E-state index is 11.8. The van der Waals surface area contributed by atoms with Gasteiger partial charge in [-0.3, -0.25) is 4.79 Å². The number of H-pyrrole nitrogens is 1. The number of carbonyl (C=O) groups is 1. The van der Waals surface area contributed by atoms with Crippen molar-refractivity contribution in [2.45, 2.75) is 19.4 Å². The van der Waals surface area contributed by atoms with Gasteiger partial charge >= 0.3 is 0 Å². The van der Waals surface area contributed by atoms with E-state index in [1.807, 2.05) is 6.92 Å². The van der Waals surface area contributed by atoms with E-state index < -0.39 is 0 Å². The van der Waals surface area contributed by atoms with Crippen LogP contribution in [-0.2, 0) is 4.74 Å². The molecule has 2 heterocycles. The van der Waals surface area contributed by atoms with Crippen LogP contribution in [0.1, 0.15) is 24.0 Å². The second kappa shape index (κ2) is 4.35. The normalized spacial score (nSPS) is 22.5. The monoisotopic (exact) mass is 211 g/mol. The number of tetrazole rings is 1. The molecule has 1 aromatic heterocycles. The second-order valence-electron chi connectivity index (χ2n) is 3.52. The molecule has 7 heteroatoms. The molecule has 2 rings (SSSR count). The van der Waals surface area contributed by atoms with Crippen LogP contribution in [-0.4, -0.2) is 57.2 Å². The number of carbonyl (C=O) groups excluding carboxylic acids is 1. The summed E-state index contributed by atoms with van der Waals surface area (Å²) in [5.41, 5.74) is 0. The molecule has 0 radical (unpaired) electrons. The fourth-order valence-corrected chi connectivity index (χ4v) is 1.57. The molecule has 15 heavy (non-hydrogen) atoms. The lowest BCUT2D eigenvalue weighted by molar-refractivity contribution is 0.0556. The summed E-state index contributed by atoms with van der Waals surface area (Å²) in [7, 11) is 0. The van der Waals surface area contributed by atoms with Crippen molar-refractivity contribution in [3.8, 4) is 0 Å². The molecule has 0 aromatic carbocycles. The fourth-order valence-electron chi connectivity index (χ4n) is 1.57. The van der Waals surface area contributed by atoms with Gasteiger partial charge in [-0.1, -0.05) is 0 Å². The molecule has 0 saturated carbocycles. The molecule has 1 aliphatic rings. The van der Waals surface area contributed by atoms with Gasteiger partial charge in [0.15, 0.2) is 0 Å². The third kappa shape index (κ3) is 2.30. The van der Waals surface area contributed by atoms with Crippen molar-refractivity contribution in [2.75, 3.05) is 19.7 Å². The zero-order chi connectivity index (χ0) is 10.7. The van der Waals surface area contributed by atoms with Gasteiger partial charge in [0.2, 0.25) is 0 Å². The van der Waals surface area contributed by atoms with Crippen LogP contribution < -0.4 is 0 Å². The minimum Gasteiger partial charge on any atom is -0.377 e. The van der Waals surface area contributed by atoms with Gasteiger partial charge < -0.3 is 9.64 Å². The Labute approximate surface area is 86.8 Å². The largest absolute Gasteiger partial charge is 0.377 e. The molecular formula is C8H13N5O2. The topological polar surface area (TPSA) is 84.0 Å². The van der Waals surface area contributed by atoms with Gasteiger partial charge in [-0.15, -0.1) is 10.2 Å². The van der Waals surface area contributed by atoms with Gasteiger partial charge in [0.1, 0.15) is 0 Å². The number of aromatic nitrogens is 4. The summed E-state index contributed by atoms with van der Waals surface area (Å²) in [5, 5.41) is 13.0. The molecule has 7 nitrogen and oxygen atoms in total. The third-order valence-electron chi connectivity index (χ3n) is 2.28. The van der Waals surface area contributed by atoms with E-state index >= 15 is 0 Å². The number of hydrogen-bond acceptors (Lipinski definition) is 5. The van der Waals surface area contributed by atoms with Gasteiger partial charge in [0.05, 0.1) is 6.10 Å². The maximum atomic E-state index is 11.8. The summed E-state index contributed by atoms with van der Waals surface area (Å²) >= 11 is 0. The number of ether oxygens (including phenoxy) is 1. The summed E-state index contributed by atoms with van der Waals surface area (Å²) in [6.45, 7) is 3.89. The Bertz CT molecular complexity index is 326. The average molecular weight is 211 g/mol. The van der Waals surface area contributed by atoms with E-state index in [4.69, 9.17) is 4.74 Å². The number of hydrogen-bond donors (Lipinski definition) is 1. The molecule has 1 atom stereocenters. The molecule has 1 fully saturated rings. The van der Waals surface area contributed by atoms with Crippen LogP contribution in [0.5, 0.6) is 0 Å². The molecule has 1 aromatic rings. The van der Waals surface area contributed by atoms with Gasteiger partial charge in [0.25, 0.3) is 11.7 Å². The lowest BCUT2D eigenvalue weighted by Crippen LogP contribution is -2.36. The Kier molecular flexibility index (Phi) is 2.91. The van der Waals surface area contributed by atoms with Crippen molar-refractivity contribution in [1.29, 1.82) is 0 Å². The minimum absolute atomic E-state index is 0.0587. The van der Waals surface area contributed by atoms with Gasteiger partial charge in [0, 0.05) is 19.7 Å². The van der Waals surface area contributed by atoms with Crippen LogP contribution in [0, 0.1) is 0 Å². The Balaban J connectivity index is 2.06. The van der Waals surface area contributed by atoms with E-state index in [9.17, 15) is 4.79 Å². The van der Waals surface area contributed by atoms with Crippen LogP contribution in [0.3, 0.4) is 0 Å². The highest BCUT2D eigenvalue weighted by Gasteiger charge is 2.23. The molecule has 1 saturated heterocycles. The molecule has 1 N–H and O–H groups in total. The Morgan fingerprint density at radius 1 is 1.67 bits per heavy atom. The SMILES string of the molecule is CC1CN(C(=O)c2nn[nH]n2)CCCO1. The first-order chi connectivity index (χ1) is 7.27. The summed E-state index contributed by atoms with van der Waals surface area (Å²) in [5.74, 6) is -0.0785. The first kappa shape index (κ1) is 10.0. The zero-order valence-corrected chi connectivity index (χ0v) is 8.51. The van der Waals surface area contributed by atoms with Crippen molar-refractivity contribution >= 4 is 5.91 Å². The van der Waals surface area contributed by atoms with Gasteiger partial charge in [-0.2, -0.15) is 5.21 Å². The van der Waals surface area contributed by atoms with Crippen LogP contribution >= 0.6 is 0 Å². The average Bonchev–Trinajstić information content (AvgIpc) is 2.67. The zero-order valence-electron chi connectivity index (χ0n) is 8.51. The standard InChI is InChI=1S/C8H13N5O2/c1-6-5-13(3-2-4-15-6)8(14)7-9-11-12-10-7/h6H,2-5H2,1H3,(H,9,10,11,12). The number of rotatable bonds is 1. The van der Waals surface area contributed by atoms with Gasteiger partial charge in [-0.25, -0.2) is 0 Å². The van der Waals surface area contributed by atoms with E-state index in [1.54, 1.807) is 4.90 Å². The summed E-state index contributed by atoms with van der Waals surface area (Å²) < 4.78 is 5.44. The van der Waals surface area contributed by atoms with Gasteiger partial charge in [-0.05, 0) is 18.6 Å². The molecule has 1 amide bonds. The van der Waals surface area contributed by atoms with Crippen LogP contribution in [0.4, 0.5) is 0 Å². The molecule has 1 aliphatic heterocycles. The molecule has 0 bridgehead atoms. The smallest absolute Gasteiger partial charge is 0.295 e. The van der Waals surface area contributed by atoms with Crippen LogP contribution in [0.2, 0.25) is 0 Å². The molecule has 0 aliphatic carbocycles. The molecule has 1 unspecified atom stereocenters. The highest BCUT2D eigenvalue weighted by molar-refractivity contribution is 5.90. The molecular weight excluding hydrogens is 198 g/mol. The number of nitrogens with one attached hydrogen (secondary N) is 1. The van der Waals surface area contributed by atoms with Crippen molar-refractivity contribution in [3.63, 3.8) is 0 Å². The van der Waals surface area contributed by atoms with E-state index in [1.165, 1.54) is 0 Å². The number of aromatic amines is 1. The molecule has 0 spiro atoms. The Hall–Kier alpha value is -1.50. The third-order valence-corrected chi connectivity index (χ3v) is 2.28. The first-order valence-electron chi connectivity index (χ1n) is 4.91. The van der Waals surface area contributed by atoms with Crippen molar-refractivity contribution < 1.29 is 9.53 Å².